The number of aromatic amines is 1. The zero-order valence-corrected chi connectivity index (χ0v) is 12.7. The van der Waals surface area contributed by atoms with E-state index < -0.39 is 0 Å². The Morgan fingerprint density at radius 2 is 2.23 bits per heavy atom. The molecule has 1 aliphatic heterocycles. The second kappa shape index (κ2) is 7.22. The van der Waals surface area contributed by atoms with Gasteiger partial charge in [0.1, 0.15) is 5.69 Å². The Kier molecular flexibility index (Phi) is 4.85. The Morgan fingerprint density at radius 3 is 3.00 bits per heavy atom. The Bertz CT molecular complexity index is 582. The molecule has 0 aliphatic carbocycles. The normalized spacial score (nSPS) is 18.5. The third-order valence-corrected chi connectivity index (χ3v) is 4.20. The molecule has 2 N–H and O–H groups in total. The average Bonchev–Trinajstić information content (AvgIpc) is 3.20. The summed E-state index contributed by atoms with van der Waals surface area (Å²) in [6.07, 6.45) is 5.32. The van der Waals surface area contributed by atoms with E-state index in [4.69, 9.17) is 0 Å². The first-order valence-corrected chi connectivity index (χ1v) is 7.84. The van der Waals surface area contributed by atoms with Gasteiger partial charge in [-0.1, -0.05) is 30.3 Å². The molecule has 0 radical (unpaired) electrons. The highest BCUT2D eigenvalue weighted by atomic mass is 16.1. The van der Waals surface area contributed by atoms with E-state index in [-0.39, 0.29) is 5.91 Å². The molecule has 1 aromatic carbocycles. The second-order valence-electron chi connectivity index (χ2n) is 5.89. The number of aromatic nitrogens is 2. The molecule has 1 amide bonds. The molecule has 1 aromatic heterocycles. The SMILES string of the molecule is O=C(NCC[C@H]1CCN(Cc2ccccc2)C1)c1cnc[nH]1. The summed E-state index contributed by atoms with van der Waals surface area (Å²) in [7, 11) is 0. The van der Waals surface area contributed by atoms with Crippen LogP contribution < -0.4 is 5.32 Å². The van der Waals surface area contributed by atoms with Crippen molar-refractivity contribution in [3.63, 3.8) is 0 Å². The summed E-state index contributed by atoms with van der Waals surface area (Å²) in [5, 5.41) is 2.95. The monoisotopic (exact) mass is 298 g/mol. The Hall–Kier alpha value is -2.14. The molecule has 5 heteroatoms. The van der Waals surface area contributed by atoms with Gasteiger partial charge in [-0.25, -0.2) is 4.98 Å². The molecule has 2 aromatic rings. The number of imidazole rings is 1. The van der Waals surface area contributed by atoms with Crippen LogP contribution in [0.1, 0.15) is 28.9 Å². The maximum atomic E-state index is 11.8. The van der Waals surface area contributed by atoms with Crippen molar-refractivity contribution in [2.24, 2.45) is 5.92 Å². The number of nitrogens with zero attached hydrogens (tertiary/aromatic N) is 2. The van der Waals surface area contributed by atoms with Gasteiger partial charge in [-0.2, -0.15) is 0 Å². The quantitative estimate of drug-likeness (QED) is 0.858. The van der Waals surface area contributed by atoms with Gasteiger partial charge in [0.05, 0.1) is 12.5 Å². The Labute approximate surface area is 130 Å². The van der Waals surface area contributed by atoms with E-state index in [1.165, 1.54) is 18.3 Å². The fourth-order valence-electron chi connectivity index (χ4n) is 3.00. The van der Waals surface area contributed by atoms with Crippen LogP contribution in [0.2, 0.25) is 0 Å². The number of likely N-dealkylation sites (tertiary alicyclic amines) is 1. The van der Waals surface area contributed by atoms with Gasteiger partial charge in [-0.3, -0.25) is 9.69 Å². The van der Waals surface area contributed by atoms with Crippen LogP contribution in [0.5, 0.6) is 0 Å². The highest BCUT2D eigenvalue weighted by molar-refractivity contribution is 5.91. The van der Waals surface area contributed by atoms with Crippen molar-refractivity contribution in [3.05, 3.63) is 54.1 Å². The third-order valence-electron chi connectivity index (χ3n) is 4.20. The van der Waals surface area contributed by atoms with Gasteiger partial charge in [0.15, 0.2) is 0 Å². The number of nitrogens with one attached hydrogen (secondary N) is 2. The number of hydrogen-bond acceptors (Lipinski definition) is 3. The van der Waals surface area contributed by atoms with Crippen LogP contribution in [0.4, 0.5) is 0 Å². The first-order valence-electron chi connectivity index (χ1n) is 7.84. The summed E-state index contributed by atoms with van der Waals surface area (Å²) in [5.41, 5.74) is 1.90. The lowest BCUT2D eigenvalue weighted by molar-refractivity contribution is 0.0947. The van der Waals surface area contributed by atoms with Crippen molar-refractivity contribution in [3.8, 4) is 0 Å². The van der Waals surface area contributed by atoms with E-state index in [9.17, 15) is 4.79 Å². The molecule has 5 nitrogen and oxygen atoms in total. The minimum absolute atomic E-state index is 0.0726. The van der Waals surface area contributed by atoms with Crippen molar-refractivity contribution in [1.82, 2.24) is 20.2 Å². The highest BCUT2D eigenvalue weighted by Crippen LogP contribution is 2.21. The fraction of sp³-hybridized carbons (Fsp3) is 0.412. The molecule has 3 rings (SSSR count). The molecule has 0 bridgehead atoms. The van der Waals surface area contributed by atoms with Crippen LogP contribution >= 0.6 is 0 Å². The number of H-pyrrole nitrogens is 1. The molecule has 0 spiro atoms. The zero-order valence-electron chi connectivity index (χ0n) is 12.7. The number of carbonyl (C=O) groups is 1. The van der Waals surface area contributed by atoms with Crippen molar-refractivity contribution >= 4 is 5.91 Å². The van der Waals surface area contributed by atoms with Crippen LogP contribution in [-0.2, 0) is 6.54 Å². The highest BCUT2D eigenvalue weighted by Gasteiger charge is 2.22. The lowest BCUT2D eigenvalue weighted by Crippen LogP contribution is -2.27. The number of carbonyl (C=O) groups excluding carboxylic acids is 1. The molecular formula is C17H22N4O. The molecule has 1 saturated heterocycles. The average molecular weight is 298 g/mol. The number of rotatable bonds is 6. The number of benzene rings is 1. The van der Waals surface area contributed by atoms with Crippen molar-refractivity contribution < 1.29 is 4.79 Å². The maximum Gasteiger partial charge on any atom is 0.269 e. The molecule has 0 unspecified atom stereocenters. The number of amides is 1. The first-order chi connectivity index (χ1) is 10.8. The van der Waals surface area contributed by atoms with E-state index >= 15 is 0 Å². The minimum Gasteiger partial charge on any atom is -0.351 e. The molecule has 1 fully saturated rings. The van der Waals surface area contributed by atoms with Crippen molar-refractivity contribution in [2.45, 2.75) is 19.4 Å². The van der Waals surface area contributed by atoms with Gasteiger partial charge in [-0.05, 0) is 30.9 Å². The van der Waals surface area contributed by atoms with Gasteiger partial charge >= 0.3 is 0 Å². The predicted octanol–water partition coefficient (Wildman–Crippen LogP) is 2.05. The van der Waals surface area contributed by atoms with Crippen LogP contribution in [0.25, 0.3) is 0 Å². The molecule has 2 heterocycles. The standard InChI is InChI=1S/C17H22N4O/c22-17(16-10-18-13-20-16)19-8-6-15-7-9-21(12-15)11-14-4-2-1-3-5-14/h1-5,10,13,15H,6-9,11-12H2,(H,18,20)(H,19,22)/t15-/m0/s1. The Balaban J connectivity index is 1.37. The summed E-state index contributed by atoms with van der Waals surface area (Å²) in [4.78, 5) is 21.0. The molecule has 116 valence electrons. The second-order valence-corrected chi connectivity index (χ2v) is 5.89. The van der Waals surface area contributed by atoms with Crippen molar-refractivity contribution in [1.29, 1.82) is 0 Å². The predicted molar refractivity (Wildman–Crippen MR) is 85.4 cm³/mol. The van der Waals surface area contributed by atoms with Crippen LogP contribution in [0.3, 0.4) is 0 Å². The van der Waals surface area contributed by atoms with Crippen molar-refractivity contribution in [2.75, 3.05) is 19.6 Å². The summed E-state index contributed by atoms with van der Waals surface area (Å²) < 4.78 is 0. The first kappa shape index (κ1) is 14.8. The molecular weight excluding hydrogens is 276 g/mol. The summed E-state index contributed by atoms with van der Waals surface area (Å²) in [6.45, 7) is 4.02. The van der Waals surface area contributed by atoms with E-state index in [2.05, 4.69) is 50.5 Å². The fourth-order valence-corrected chi connectivity index (χ4v) is 3.00. The van der Waals surface area contributed by atoms with E-state index in [0.717, 1.165) is 32.6 Å². The Morgan fingerprint density at radius 1 is 1.36 bits per heavy atom. The summed E-state index contributed by atoms with van der Waals surface area (Å²) in [5.74, 6) is 0.599. The number of hydrogen-bond donors (Lipinski definition) is 2. The molecule has 22 heavy (non-hydrogen) atoms. The largest absolute Gasteiger partial charge is 0.351 e. The van der Waals surface area contributed by atoms with Gasteiger partial charge in [-0.15, -0.1) is 0 Å². The van der Waals surface area contributed by atoms with Gasteiger partial charge in [0.25, 0.3) is 5.91 Å². The topological polar surface area (TPSA) is 61.0 Å². The van der Waals surface area contributed by atoms with E-state index in [1.54, 1.807) is 6.20 Å². The van der Waals surface area contributed by atoms with Crippen LogP contribution in [0, 0.1) is 5.92 Å². The molecule has 1 atom stereocenters. The lowest BCUT2D eigenvalue weighted by Gasteiger charge is -2.16. The summed E-state index contributed by atoms with van der Waals surface area (Å²) in [6, 6.07) is 10.6. The van der Waals surface area contributed by atoms with Gasteiger partial charge in [0.2, 0.25) is 0 Å². The molecule has 0 saturated carbocycles. The maximum absolute atomic E-state index is 11.8. The third kappa shape index (κ3) is 3.95. The van der Waals surface area contributed by atoms with Gasteiger partial charge < -0.3 is 10.3 Å². The summed E-state index contributed by atoms with van der Waals surface area (Å²) >= 11 is 0. The minimum atomic E-state index is -0.0726. The lowest BCUT2D eigenvalue weighted by atomic mass is 10.1. The van der Waals surface area contributed by atoms with Crippen LogP contribution in [0.15, 0.2) is 42.9 Å². The zero-order chi connectivity index (χ0) is 15.2. The molecule has 1 aliphatic rings. The van der Waals surface area contributed by atoms with Crippen LogP contribution in [-0.4, -0.2) is 40.4 Å². The van der Waals surface area contributed by atoms with Gasteiger partial charge in [0, 0.05) is 19.6 Å². The van der Waals surface area contributed by atoms with E-state index in [1.807, 2.05) is 0 Å². The van der Waals surface area contributed by atoms with E-state index in [0.29, 0.717) is 11.6 Å². The smallest absolute Gasteiger partial charge is 0.269 e.